The number of hydrogen-bond donors (Lipinski definition) is 0. The molecule has 0 radical (unpaired) electrons. The summed E-state index contributed by atoms with van der Waals surface area (Å²) in [5.41, 5.74) is 15.9. The zero-order chi connectivity index (χ0) is 48.0. The van der Waals surface area contributed by atoms with Crippen LogP contribution in [0.2, 0.25) is 26.2 Å². The van der Waals surface area contributed by atoms with Gasteiger partial charge < -0.3 is 18.6 Å². The number of furan rings is 2. The molecular weight excluding hydrogens is 909 g/mol. The van der Waals surface area contributed by atoms with E-state index in [0.717, 1.165) is 88.2 Å². The Hall–Kier alpha value is -8.43. The predicted molar refractivity (Wildman–Crippen MR) is 310 cm³/mol. The van der Waals surface area contributed by atoms with Crippen molar-refractivity contribution in [1.29, 1.82) is 0 Å². The van der Waals surface area contributed by atoms with E-state index >= 15 is 0 Å². The highest BCUT2D eigenvalue weighted by atomic mass is 28.3. The number of benzene rings is 11. The topological polar surface area (TPSA) is 32.8 Å². The van der Waals surface area contributed by atoms with Gasteiger partial charge in [-0.25, -0.2) is 0 Å². The fraction of sp³-hybridized carbons (Fsp3) is 0.0606. The van der Waals surface area contributed by atoms with Crippen LogP contribution >= 0.6 is 0 Å². The van der Waals surface area contributed by atoms with Gasteiger partial charge in [0.1, 0.15) is 38.5 Å². The molecule has 13 aromatic rings. The first-order valence-corrected chi connectivity index (χ1v) is 31.1. The maximum absolute atomic E-state index is 6.81. The molecule has 0 unspecified atom stereocenters. The minimum absolute atomic E-state index is 0.853. The molecule has 72 heavy (non-hydrogen) atoms. The summed E-state index contributed by atoms with van der Waals surface area (Å²) in [7, 11) is -4.06. The van der Waals surface area contributed by atoms with Gasteiger partial charge in [0.05, 0.1) is 0 Å². The molecule has 0 aliphatic carbocycles. The summed E-state index contributed by atoms with van der Waals surface area (Å²) in [5.74, 6) is 0. The van der Waals surface area contributed by atoms with E-state index < -0.39 is 16.1 Å². The third-order valence-electron chi connectivity index (χ3n) is 16.1. The average Bonchev–Trinajstić information content (AvgIpc) is 4.10. The SMILES string of the molecule is C[Si]1(C)c2ccccc2-c2cccc(N(c3ccccc3)c3ccc4cc5c(cc4c3)oc3ccc4oc6cc7cc(N(c8ccccc8)c8cccc9c8[Si](C)(C)c8ccccc8-9)ccc7cc6c4c35)c21. The lowest BCUT2D eigenvalue weighted by atomic mass is 10.00. The van der Waals surface area contributed by atoms with Crippen LogP contribution in [0.4, 0.5) is 34.1 Å². The Labute approximate surface area is 419 Å². The van der Waals surface area contributed by atoms with Crippen LogP contribution in [0.1, 0.15) is 0 Å². The van der Waals surface area contributed by atoms with Gasteiger partial charge in [-0.05, 0) is 162 Å². The molecule has 0 spiro atoms. The molecule has 0 bridgehead atoms. The van der Waals surface area contributed by atoms with Crippen LogP contribution in [0.25, 0.3) is 87.7 Å². The van der Waals surface area contributed by atoms with Gasteiger partial charge in [0, 0.05) is 55.7 Å². The van der Waals surface area contributed by atoms with E-state index in [1.165, 1.54) is 54.4 Å². The number of nitrogens with zero attached hydrogens (tertiary/aromatic N) is 2. The predicted octanol–water partition coefficient (Wildman–Crippen LogP) is 16.3. The Kier molecular flexibility index (Phi) is 8.64. The normalized spacial score (nSPS) is 14.1. The molecule has 0 saturated heterocycles. The Bertz CT molecular complexity index is 4130. The molecule has 0 atom stereocenters. The molecule has 0 fully saturated rings. The number of para-hydroxylation sites is 2. The Morgan fingerprint density at radius 3 is 1.15 bits per heavy atom. The molecule has 15 rings (SSSR count). The van der Waals surface area contributed by atoms with Crippen LogP contribution in [0, 0.1) is 0 Å². The summed E-state index contributed by atoms with van der Waals surface area (Å²) >= 11 is 0. The molecule has 0 N–H and O–H groups in total. The van der Waals surface area contributed by atoms with Crippen molar-refractivity contribution in [2.24, 2.45) is 0 Å². The quantitative estimate of drug-likeness (QED) is 0.156. The number of hydrogen-bond acceptors (Lipinski definition) is 4. The summed E-state index contributed by atoms with van der Waals surface area (Å²) in [6.07, 6.45) is 0. The molecule has 11 aromatic carbocycles. The van der Waals surface area contributed by atoms with Gasteiger partial charge in [-0.3, -0.25) is 0 Å². The van der Waals surface area contributed by atoms with Gasteiger partial charge in [0.15, 0.2) is 0 Å². The summed E-state index contributed by atoms with van der Waals surface area (Å²) in [6.45, 7) is 10.00. The van der Waals surface area contributed by atoms with Crippen molar-refractivity contribution in [3.8, 4) is 22.3 Å². The zero-order valence-corrected chi connectivity index (χ0v) is 42.5. The van der Waals surface area contributed by atoms with Crippen molar-refractivity contribution < 1.29 is 8.83 Å². The standard InChI is InChI=1S/C66H48N2O2Si2/c1-71(2)61-27-13-11-21-49(61)51-23-15-25-55(65(51)71)67(45-17-7-5-8-18-45)47-31-29-41-37-53-59(39-43(41)35-47)69-57-33-34-58-64(63(53)57)54-38-42-30-32-48(36-44(42)40-60(54)70-58)68(46-19-9-6-10-20-46)56-26-16-24-52-50-22-12-14-28-62(50)72(3,4)66(52)56/h5-40H,1-4H3. The first kappa shape index (κ1) is 41.4. The van der Waals surface area contributed by atoms with Gasteiger partial charge in [-0.2, -0.15) is 0 Å². The van der Waals surface area contributed by atoms with Crippen molar-refractivity contribution in [3.05, 3.63) is 218 Å². The molecule has 342 valence electrons. The van der Waals surface area contributed by atoms with Crippen LogP contribution in [-0.4, -0.2) is 16.1 Å². The molecule has 4 nitrogen and oxygen atoms in total. The van der Waals surface area contributed by atoms with Gasteiger partial charge in [-0.1, -0.05) is 148 Å². The van der Waals surface area contributed by atoms with Crippen LogP contribution in [0.3, 0.4) is 0 Å². The number of fused-ring (bicyclic) bond motifs is 15. The molecular formula is C66H48N2O2Si2. The van der Waals surface area contributed by atoms with Crippen LogP contribution in [0.5, 0.6) is 0 Å². The lowest BCUT2D eigenvalue weighted by Gasteiger charge is -2.31. The van der Waals surface area contributed by atoms with E-state index in [0.29, 0.717) is 0 Å². The van der Waals surface area contributed by atoms with E-state index in [2.05, 4.69) is 254 Å². The molecule has 0 saturated carbocycles. The zero-order valence-electron chi connectivity index (χ0n) is 40.5. The Balaban J connectivity index is 0.858. The summed E-state index contributed by atoms with van der Waals surface area (Å²) in [6, 6.07) is 80.5. The van der Waals surface area contributed by atoms with E-state index in [1.54, 1.807) is 0 Å². The van der Waals surface area contributed by atoms with E-state index in [9.17, 15) is 0 Å². The smallest absolute Gasteiger partial charge is 0.136 e. The molecule has 6 heteroatoms. The van der Waals surface area contributed by atoms with Gasteiger partial charge in [-0.15, -0.1) is 0 Å². The maximum atomic E-state index is 6.81. The van der Waals surface area contributed by atoms with Gasteiger partial charge >= 0.3 is 0 Å². The highest BCUT2D eigenvalue weighted by Gasteiger charge is 2.42. The summed E-state index contributed by atoms with van der Waals surface area (Å²) < 4.78 is 13.6. The van der Waals surface area contributed by atoms with Crippen LogP contribution < -0.4 is 30.5 Å². The van der Waals surface area contributed by atoms with Gasteiger partial charge in [0.25, 0.3) is 0 Å². The van der Waals surface area contributed by atoms with Crippen LogP contribution in [0.15, 0.2) is 227 Å². The maximum Gasteiger partial charge on any atom is 0.136 e. The van der Waals surface area contributed by atoms with Crippen molar-refractivity contribution in [2.75, 3.05) is 9.80 Å². The third-order valence-corrected chi connectivity index (χ3v) is 23.2. The fourth-order valence-electron chi connectivity index (χ4n) is 12.9. The molecule has 2 aromatic heterocycles. The molecule has 2 aliphatic rings. The minimum atomic E-state index is -2.03. The van der Waals surface area contributed by atoms with Crippen LogP contribution in [-0.2, 0) is 0 Å². The number of rotatable bonds is 6. The lowest BCUT2D eigenvalue weighted by molar-refractivity contribution is 0.663. The van der Waals surface area contributed by atoms with Crippen molar-refractivity contribution in [2.45, 2.75) is 26.2 Å². The summed E-state index contributed by atoms with van der Waals surface area (Å²) in [4.78, 5) is 4.93. The molecule has 0 amide bonds. The highest BCUT2D eigenvalue weighted by Crippen LogP contribution is 2.46. The first-order chi connectivity index (χ1) is 35.2. The molecule has 2 aliphatic heterocycles. The second-order valence-electron chi connectivity index (χ2n) is 20.9. The second-order valence-corrected chi connectivity index (χ2v) is 29.4. The highest BCUT2D eigenvalue weighted by molar-refractivity contribution is 7.05. The lowest BCUT2D eigenvalue weighted by Crippen LogP contribution is -2.50. The molecule has 4 heterocycles. The van der Waals surface area contributed by atoms with Gasteiger partial charge in [0.2, 0.25) is 0 Å². The minimum Gasteiger partial charge on any atom is -0.456 e. The first-order valence-electron chi connectivity index (χ1n) is 25.1. The Morgan fingerprint density at radius 1 is 0.306 bits per heavy atom. The monoisotopic (exact) mass is 956 g/mol. The van der Waals surface area contributed by atoms with E-state index in [4.69, 9.17) is 8.83 Å². The summed E-state index contributed by atoms with van der Waals surface area (Å²) in [5, 5.41) is 14.9. The van der Waals surface area contributed by atoms with Crippen molar-refractivity contribution >= 4 is 136 Å². The van der Waals surface area contributed by atoms with E-state index in [-0.39, 0.29) is 0 Å². The second kappa shape index (κ2) is 15.0. The fourth-order valence-corrected chi connectivity index (χ4v) is 19.7. The average molecular weight is 957 g/mol. The number of anilines is 6. The third kappa shape index (κ3) is 5.85. The van der Waals surface area contributed by atoms with Crippen molar-refractivity contribution in [3.63, 3.8) is 0 Å². The van der Waals surface area contributed by atoms with Crippen molar-refractivity contribution in [1.82, 2.24) is 0 Å². The Morgan fingerprint density at radius 2 is 0.708 bits per heavy atom. The van der Waals surface area contributed by atoms with E-state index in [1.807, 2.05) is 0 Å². The largest absolute Gasteiger partial charge is 0.456 e.